The van der Waals surface area contributed by atoms with Crippen LogP contribution >= 0.6 is 0 Å². The van der Waals surface area contributed by atoms with E-state index in [1.54, 1.807) is 6.07 Å². The van der Waals surface area contributed by atoms with E-state index in [1.165, 1.54) is 0 Å². The normalized spacial score (nSPS) is 12.1. The molecule has 0 heterocycles. The van der Waals surface area contributed by atoms with Gasteiger partial charge in [-0.1, -0.05) is 25.1 Å². The maximum absolute atomic E-state index is 8.90. The maximum Gasteiger partial charge on any atom is 0.0994 e. The summed E-state index contributed by atoms with van der Waals surface area (Å²) in [6.45, 7) is 1.98. The Morgan fingerprint density at radius 1 is 1.50 bits per heavy atom. The van der Waals surface area contributed by atoms with Gasteiger partial charge in [0.1, 0.15) is 0 Å². The molecule has 0 saturated heterocycles. The number of hydrogen-bond donors (Lipinski definition) is 1. The molecule has 0 aliphatic rings. The van der Waals surface area contributed by atoms with Crippen molar-refractivity contribution < 1.29 is 5.11 Å². The van der Waals surface area contributed by atoms with Crippen LogP contribution in [-0.4, -0.2) is 11.7 Å². The Balaban J connectivity index is 3.07. The Kier molecular flexibility index (Phi) is 2.84. The minimum Gasteiger partial charge on any atom is -0.396 e. The molecule has 0 fully saturated rings. The number of benzene rings is 1. The van der Waals surface area contributed by atoms with Crippen LogP contribution in [0.2, 0.25) is 0 Å². The predicted octanol–water partition coefficient (Wildman–Crippen LogP) is 1.65. The van der Waals surface area contributed by atoms with Crippen LogP contribution in [0.4, 0.5) is 0 Å². The summed E-state index contributed by atoms with van der Waals surface area (Å²) in [5.74, 6) is 0.0425. The van der Waals surface area contributed by atoms with Crippen LogP contribution in [0.15, 0.2) is 24.3 Å². The van der Waals surface area contributed by atoms with Crippen LogP contribution in [0.5, 0.6) is 0 Å². The molecule has 1 rings (SSSR count). The zero-order valence-electron chi connectivity index (χ0n) is 6.99. The lowest BCUT2D eigenvalue weighted by molar-refractivity contribution is 0.273. The molecule has 0 radical (unpaired) electrons. The van der Waals surface area contributed by atoms with Crippen molar-refractivity contribution in [3.8, 4) is 6.07 Å². The monoisotopic (exact) mass is 161 g/mol. The average Bonchev–Trinajstić information content (AvgIpc) is 2.16. The largest absolute Gasteiger partial charge is 0.396 e. The third kappa shape index (κ3) is 1.63. The lowest BCUT2D eigenvalue weighted by Crippen LogP contribution is -2.00. The van der Waals surface area contributed by atoms with Crippen molar-refractivity contribution in [2.75, 3.05) is 6.61 Å². The predicted molar refractivity (Wildman–Crippen MR) is 46.7 cm³/mol. The Morgan fingerprint density at radius 3 is 2.75 bits per heavy atom. The van der Waals surface area contributed by atoms with E-state index in [0.717, 1.165) is 5.56 Å². The van der Waals surface area contributed by atoms with Crippen LogP contribution < -0.4 is 0 Å². The van der Waals surface area contributed by atoms with Crippen LogP contribution in [0.1, 0.15) is 24.0 Å². The summed E-state index contributed by atoms with van der Waals surface area (Å²) in [7, 11) is 0. The Labute approximate surface area is 72.1 Å². The molecule has 0 spiro atoms. The van der Waals surface area contributed by atoms with Crippen molar-refractivity contribution in [2.45, 2.75) is 12.8 Å². The molecule has 1 aromatic rings. The SMILES string of the molecule is CC(CO)c1ccccc1C#N. The van der Waals surface area contributed by atoms with Crippen LogP contribution in [0, 0.1) is 11.3 Å². The average molecular weight is 161 g/mol. The van der Waals surface area contributed by atoms with E-state index < -0.39 is 0 Å². The Hall–Kier alpha value is -1.33. The van der Waals surface area contributed by atoms with Gasteiger partial charge in [0.15, 0.2) is 0 Å². The van der Waals surface area contributed by atoms with Gasteiger partial charge in [0.25, 0.3) is 0 Å². The van der Waals surface area contributed by atoms with Crippen molar-refractivity contribution >= 4 is 0 Å². The standard InChI is InChI=1S/C10H11NO/c1-8(7-12)10-5-3-2-4-9(10)6-11/h2-5,8,12H,7H2,1H3. The number of nitriles is 1. The zero-order valence-corrected chi connectivity index (χ0v) is 6.99. The van der Waals surface area contributed by atoms with Crippen molar-refractivity contribution in [3.05, 3.63) is 35.4 Å². The third-order valence-electron chi connectivity index (χ3n) is 1.89. The second kappa shape index (κ2) is 3.89. The van der Waals surface area contributed by atoms with Gasteiger partial charge in [-0.2, -0.15) is 5.26 Å². The number of nitrogens with zero attached hydrogens (tertiary/aromatic N) is 1. The summed E-state index contributed by atoms with van der Waals surface area (Å²) in [6, 6.07) is 9.44. The number of rotatable bonds is 2. The number of hydrogen-bond acceptors (Lipinski definition) is 2. The first kappa shape index (κ1) is 8.76. The van der Waals surface area contributed by atoms with Gasteiger partial charge in [0.2, 0.25) is 0 Å². The molecule has 1 N–H and O–H groups in total. The Morgan fingerprint density at radius 2 is 2.17 bits per heavy atom. The first-order valence-corrected chi connectivity index (χ1v) is 3.89. The summed E-state index contributed by atoms with van der Waals surface area (Å²) in [6.07, 6.45) is 0. The molecule has 1 unspecified atom stereocenters. The highest BCUT2D eigenvalue weighted by Gasteiger charge is 2.07. The van der Waals surface area contributed by atoms with Gasteiger partial charge in [0, 0.05) is 12.5 Å². The van der Waals surface area contributed by atoms with E-state index in [0.29, 0.717) is 5.56 Å². The van der Waals surface area contributed by atoms with E-state index in [-0.39, 0.29) is 12.5 Å². The van der Waals surface area contributed by atoms with E-state index in [1.807, 2.05) is 25.1 Å². The number of aliphatic hydroxyl groups is 1. The van der Waals surface area contributed by atoms with Gasteiger partial charge in [0.05, 0.1) is 11.6 Å². The van der Waals surface area contributed by atoms with Gasteiger partial charge in [-0.05, 0) is 11.6 Å². The quantitative estimate of drug-likeness (QED) is 0.716. The van der Waals surface area contributed by atoms with Crippen LogP contribution in [0.25, 0.3) is 0 Å². The van der Waals surface area contributed by atoms with Gasteiger partial charge >= 0.3 is 0 Å². The summed E-state index contributed by atoms with van der Waals surface area (Å²) in [5.41, 5.74) is 1.57. The second-order valence-electron chi connectivity index (χ2n) is 2.78. The van der Waals surface area contributed by atoms with Crippen LogP contribution in [0.3, 0.4) is 0 Å². The molecule has 1 atom stereocenters. The molecule has 12 heavy (non-hydrogen) atoms. The fraction of sp³-hybridized carbons (Fsp3) is 0.300. The minimum absolute atomic E-state index is 0.0425. The first-order chi connectivity index (χ1) is 5.79. The smallest absolute Gasteiger partial charge is 0.0994 e. The molecule has 0 aliphatic carbocycles. The molecule has 0 aromatic heterocycles. The van der Waals surface area contributed by atoms with Gasteiger partial charge in [-0.25, -0.2) is 0 Å². The highest BCUT2D eigenvalue weighted by Crippen LogP contribution is 2.17. The molecule has 0 bridgehead atoms. The molecule has 0 amide bonds. The van der Waals surface area contributed by atoms with Crippen molar-refractivity contribution in [2.24, 2.45) is 0 Å². The summed E-state index contributed by atoms with van der Waals surface area (Å²) < 4.78 is 0. The molecule has 2 nitrogen and oxygen atoms in total. The Bertz CT molecular complexity index is 301. The maximum atomic E-state index is 8.90. The molecule has 62 valence electrons. The zero-order chi connectivity index (χ0) is 8.97. The van der Waals surface area contributed by atoms with Crippen LogP contribution in [-0.2, 0) is 0 Å². The van der Waals surface area contributed by atoms with Crippen molar-refractivity contribution in [1.29, 1.82) is 5.26 Å². The topological polar surface area (TPSA) is 44.0 Å². The summed E-state index contributed by atoms with van der Waals surface area (Å²) in [5, 5.41) is 17.6. The fourth-order valence-corrected chi connectivity index (χ4v) is 1.13. The van der Waals surface area contributed by atoms with Gasteiger partial charge in [-0.15, -0.1) is 0 Å². The molecular formula is C10H11NO. The summed E-state index contributed by atoms with van der Waals surface area (Å²) in [4.78, 5) is 0. The van der Waals surface area contributed by atoms with E-state index in [9.17, 15) is 0 Å². The van der Waals surface area contributed by atoms with E-state index in [2.05, 4.69) is 6.07 Å². The van der Waals surface area contributed by atoms with Gasteiger partial charge in [-0.3, -0.25) is 0 Å². The molecule has 0 saturated carbocycles. The molecule has 2 heteroatoms. The first-order valence-electron chi connectivity index (χ1n) is 3.89. The van der Waals surface area contributed by atoms with Gasteiger partial charge < -0.3 is 5.11 Å². The molecule has 1 aromatic carbocycles. The lowest BCUT2D eigenvalue weighted by atomic mass is 9.97. The van der Waals surface area contributed by atoms with E-state index in [4.69, 9.17) is 10.4 Å². The lowest BCUT2D eigenvalue weighted by Gasteiger charge is -2.08. The minimum atomic E-state index is 0.0425. The second-order valence-corrected chi connectivity index (χ2v) is 2.78. The molecule has 0 aliphatic heterocycles. The van der Waals surface area contributed by atoms with Crippen molar-refractivity contribution in [3.63, 3.8) is 0 Å². The summed E-state index contributed by atoms with van der Waals surface area (Å²) >= 11 is 0. The highest BCUT2D eigenvalue weighted by atomic mass is 16.3. The van der Waals surface area contributed by atoms with E-state index >= 15 is 0 Å². The molecular weight excluding hydrogens is 150 g/mol. The number of aliphatic hydroxyl groups excluding tert-OH is 1. The van der Waals surface area contributed by atoms with Crippen molar-refractivity contribution in [1.82, 2.24) is 0 Å². The third-order valence-corrected chi connectivity index (χ3v) is 1.89. The highest BCUT2D eigenvalue weighted by molar-refractivity contribution is 5.39. The fourth-order valence-electron chi connectivity index (χ4n) is 1.13.